The lowest BCUT2D eigenvalue weighted by Crippen LogP contribution is -2.53. The lowest BCUT2D eigenvalue weighted by atomic mass is 9.70. The van der Waals surface area contributed by atoms with Gasteiger partial charge in [-0.1, -0.05) is 18.9 Å². The van der Waals surface area contributed by atoms with E-state index in [4.69, 9.17) is 0 Å². The number of piperidine rings is 2. The van der Waals surface area contributed by atoms with Crippen molar-refractivity contribution in [1.82, 2.24) is 18.4 Å². The highest BCUT2D eigenvalue weighted by Crippen LogP contribution is 2.44. The van der Waals surface area contributed by atoms with Crippen LogP contribution in [-0.4, -0.2) is 53.0 Å². The fourth-order valence-electron chi connectivity index (χ4n) is 5.04. The van der Waals surface area contributed by atoms with Crippen LogP contribution in [0.2, 0.25) is 0 Å². The van der Waals surface area contributed by atoms with Crippen LogP contribution in [0.3, 0.4) is 0 Å². The van der Waals surface area contributed by atoms with Crippen molar-refractivity contribution in [3.05, 3.63) is 53.1 Å². The van der Waals surface area contributed by atoms with E-state index in [1.165, 1.54) is 17.7 Å². The quantitative estimate of drug-likeness (QED) is 0.750. The maximum atomic E-state index is 13.3. The first-order valence-electron chi connectivity index (χ1n) is 10.7. The zero-order valence-corrected chi connectivity index (χ0v) is 18.0. The second-order valence-corrected chi connectivity index (χ2v) is 10.8. The Labute approximate surface area is 177 Å². The van der Waals surface area contributed by atoms with Crippen LogP contribution in [0, 0.1) is 11.2 Å². The largest absolute Gasteiger partial charge is 0.282 e. The fraction of sp³-hybridized carbons (Fsp3) is 0.500. The van der Waals surface area contributed by atoms with Gasteiger partial charge in [0, 0.05) is 31.6 Å². The minimum Gasteiger partial charge on any atom is -0.233 e. The summed E-state index contributed by atoms with van der Waals surface area (Å²) in [6.07, 6.45) is 8.49. The van der Waals surface area contributed by atoms with E-state index in [-0.39, 0.29) is 11.2 Å². The smallest absolute Gasteiger partial charge is 0.233 e. The summed E-state index contributed by atoms with van der Waals surface area (Å²) in [5.74, 6) is -0.270. The summed E-state index contributed by atoms with van der Waals surface area (Å²) in [5.41, 5.74) is 3.97. The van der Waals surface area contributed by atoms with E-state index in [0.717, 1.165) is 49.0 Å². The maximum Gasteiger partial charge on any atom is 0.282 e. The third-order valence-electron chi connectivity index (χ3n) is 6.75. The molecule has 2 fully saturated rings. The van der Waals surface area contributed by atoms with E-state index < -0.39 is 10.2 Å². The zero-order valence-electron chi connectivity index (χ0n) is 17.2. The average molecular weight is 431 g/mol. The Bertz CT molecular complexity index is 1090. The Morgan fingerprint density at radius 1 is 1.03 bits per heavy atom. The molecule has 0 radical (unpaired) electrons. The fourth-order valence-corrected chi connectivity index (χ4v) is 6.86. The third-order valence-corrected chi connectivity index (χ3v) is 8.73. The second kappa shape index (κ2) is 7.28. The van der Waals surface area contributed by atoms with Crippen molar-refractivity contribution in [2.24, 2.45) is 5.41 Å². The molecule has 5 rings (SSSR count). The van der Waals surface area contributed by atoms with Gasteiger partial charge in [0.15, 0.2) is 0 Å². The van der Waals surface area contributed by atoms with Crippen LogP contribution in [0.4, 0.5) is 4.39 Å². The summed E-state index contributed by atoms with van der Waals surface area (Å²) < 4.78 is 44.9. The molecule has 0 N–H and O–H groups in total. The number of halogens is 1. The molecule has 30 heavy (non-hydrogen) atoms. The van der Waals surface area contributed by atoms with E-state index in [1.54, 1.807) is 20.7 Å². The Balaban J connectivity index is 1.42. The zero-order chi connectivity index (χ0) is 20.9. The highest BCUT2D eigenvalue weighted by atomic mass is 32.2. The van der Waals surface area contributed by atoms with E-state index >= 15 is 0 Å². The molecular weight excluding hydrogens is 403 g/mol. The number of benzene rings is 1. The first kappa shape index (κ1) is 19.9. The lowest BCUT2D eigenvalue weighted by Gasteiger charge is -2.45. The van der Waals surface area contributed by atoms with Crippen molar-refractivity contribution in [2.45, 2.75) is 39.0 Å². The molecule has 1 atom stereocenters. The molecule has 6 nitrogen and oxygen atoms in total. The van der Waals surface area contributed by atoms with E-state index in [2.05, 4.69) is 18.1 Å². The van der Waals surface area contributed by atoms with Gasteiger partial charge in [0.1, 0.15) is 5.82 Å². The summed E-state index contributed by atoms with van der Waals surface area (Å²) in [6, 6.07) is 6.33. The number of hydrogen-bond acceptors (Lipinski definition) is 3. The molecule has 3 heterocycles. The van der Waals surface area contributed by atoms with Crippen molar-refractivity contribution in [1.29, 1.82) is 0 Å². The molecule has 1 aromatic heterocycles. The number of rotatable bonds is 3. The van der Waals surface area contributed by atoms with Crippen molar-refractivity contribution in [3.63, 3.8) is 0 Å². The summed E-state index contributed by atoms with van der Waals surface area (Å²) in [5, 5.41) is 4.54. The van der Waals surface area contributed by atoms with Crippen molar-refractivity contribution >= 4 is 16.3 Å². The Morgan fingerprint density at radius 2 is 1.77 bits per heavy atom. The van der Waals surface area contributed by atoms with Crippen LogP contribution in [0.15, 0.2) is 36.0 Å². The standard InChI is InChI=1S/C22H27FN4O2S/c1-22-14-17-15-24-27(20-7-5-19(23)6-8-20)21(17)13-18(22)9-12-26(16-22)30(28,29)25-10-3-2-4-11-25/h5-8,13,15H,2-4,9-12,14,16H2,1H3/t22-/m1/s1. The third kappa shape index (κ3) is 3.31. The number of nitrogens with zero attached hydrogens (tertiary/aromatic N) is 4. The predicted molar refractivity (Wildman–Crippen MR) is 114 cm³/mol. The second-order valence-electron chi connectivity index (χ2n) is 8.90. The Kier molecular flexibility index (Phi) is 4.83. The molecule has 2 saturated heterocycles. The SMILES string of the molecule is C[C@]12Cc3cnn(-c4ccc(F)cc4)c3C=C1CCN(S(=O)(=O)N1CCCCC1)C2. The van der Waals surface area contributed by atoms with Crippen LogP contribution < -0.4 is 0 Å². The average Bonchev–Trinajstić information content (AvgIpc) is 3.14. The van der Waals surface area contributed by atoms with Crippen LogP contribution in [-0.2, 0) is 16.6 Å². The number of aromatic nitrogens is 2. The summed E-state index contributed by atoms with van der Waals surface area (Å²) in [4.78, 5) is 0. The van der Waals surface area contributed by atoms with E-state index in [0.29, 0.717) is 26.2 Å². The first-order valence-corrected chi connectivity index (χ1v) is 12.1. The van der Waals surface area contributed by atoms with Gasteiger partial charge in [-0.15, -0.1) is 0 Å². The van der Waals surface area contributed by atoms with Crippen molar-refractivity contribution in [2.75, 3.05) is 26.2 Å². The van der Waals surface area contributed by atoms with Gasteiger partial charge in [0.05, 0.1) is 17.6 Å². The van der Waals surface area contributed by atoms with Gasteiger partial charge >= 0.3 is 0 Å². The topological polar surface area (TPSA) is 58.4 Å². The lowest BCUT2D eigenvalue weighted by molar-refractivity contribution is 0.213. The number of hydrogen-bond donors (Lipinski definition) is 0. The predicted octanol–water partition coefficient (Wildman–Crippen LogP) is 3.39. The molecule has 0 spiro atoms. The van der Waals surface area contributed by atoms with Gasteiger partial charge in [-0.2, -0.15) is 22.1 Å². The van der Waals surface area contributed by atoms with Crippen molar-refractivity contribution < 1.29 is 12.8 Å². The highest BCUT2D eigenvalue weighted by molar-refractivity contribution is 7.86. The molecule has 0 saturated carbocycles. The van der Waals surface area contributed by atoms with Gasteiger partial charge in [0.25, 0.3) is 10.2 Å². The molecule has 0 unspecified atom stereocenters. The van der Waals surface area contributed by atoms with E-state index in [1.807, 2.05) is 10.9 Å². The van der Waals surface area contributed by atoms with E-state index in [9.17, 15) is 12.8 Å². The van der Waals surface area contributed by atoms with Gasteiger partial charge in [-0.3, -0.25) is 0 Å². The normalized spacial score (nSPS) is 25.5. The summed E-state index contributed by atoms with van der Waals surface area (Å²) >= 11 is 0. The van der Waals surface area contributed by atoms with Crippen LogP contribution in [0.25, 0.3) is 11.8 Å². The molecule has 8 heteroatoms. The molecule has 0 bridgehead atoms. The minimum atomic E-state index is -3.41. The minimum absolute atomic E-state index is 0.231. The highest BCUT2D eigenvalue weighted by Gasteiger charge is 2.44. The maximum absolute atomic E-state index is 13.3. The first-order chi connectivity index (χ1) is 14.4. The molecule has 3 aliphatic rings. The molecule has 1 aliphatic carbocycles. The van der Waals surface area contributed by atoms with Gasteiger partial charge in [0.2, 0.25) is 0 Å². The number of fused-ring (bicyclic) bond motifs is 2. The molecular formula is C22H27FN4O2S. The Hall–Kier alpha value is -2.03. The Morgan fingerprint density at radius 3 is 2.50 bits per heavy atom. The van der Waals surface area contributed by atoms with Crippen molar-refractivity contribution in [3.8, 4) is 5.69 Å². The molecule has 1 aromatic carbocycles. The monoisotopic (exact) mass is 430 g/mol. The summed E-state index contributed by atoms with van der Waals surface area (Å²) in [6.45, 7) is 4.44. The van der Waals surface area contributed by atoms with Crippen LogP contribution in [0.5, 0.6) is 0 Å². The van der Waals surface area contributed by atoms with Gasteiger partial charge < -0.3 is 0 Å². The van der Waals surface area contributed by atoms with Crippen LogP contribution >= 0.6 is 0 Å². The van der Waals surface area contributed by atoms with Gasteiger partial charge in [-0.05, 0) is 61.6 Å². The van der Waals surface area contributed by atoms with Crippen LogP contribution in [0.1, 0.15) is 43.9 Å². The summed E-state index contributed by atoms with van der Waals surface area (Å²) in [7, 11) is -3.41. The van der Waals surface area contributed by atoms with Gasteiger partial charge in [-0.25, -0.2) is 9.07 Å². The molecule has 2 aromatic rings. The molecule has 2 aliphatic heterocycles. The molecule has 160 valence electrons. The molecule has 0 amide bonds.